The normalized spacial score (nSPS) is 36.3. The third-order valence-electron chi connectivity index (χ3n) is 3.64. The summed E-state index contributed by atoms with van der Waals surface area (Å²) in [6.45, 7) is 0. The molecule has 3 aliphatic rings. The zero-order valence-corrected chi connectivity index (χ0v) is 9.44. The van der Waals surface area contributed by atoms with Crippen molar-refractivity contribution in [3.63, 3.8) is 0 Å². The largest absolute Gasteiger partial charge is 0.224 e. The Hall–Kier alpha value is -0.780. The van der Waals surface area contributed by atoms with Gasteiger partial charge in [-0.25, -0.2) is 4.98 Å². The van der Waals surface area contributed by atoms with Gasteiger partial charge in [-0.3, -0.25) is 0 Å². The Balaban J connectivity index is 1.94. The van der Waals surface area contributed by atoms with Crippen molar-refractivity contribution >= 4 is 23.2 Å². The quantitative estimate of drug-likeness (QED) is 0.704. The Bertz CT molecular complexity index is 450. The fraction of sp³-hybridized carbons (Fsp3) is 0.455. The zero-order chi connectivity index (χ0) is 10.7. The molecule has 0 saturated heterocycles. The molecule has 4 heteroatoms. The van der Waals surface area contributed by atoms with Gasteiger partial charge < -0.3 is 0 Å². The van der Waals surface area contributed by atoms with Crippen molar-refractivity contribution in [3.8, 4) is 6.07 Å². The molecule has 0 radical (unpaired) electrons. The highest BCUT2D eigenvalue weighted by atomic mass is 35.5. The number of halogens is 2. The van der Waals surface area contributed by atoms with Crippen LogP contribution in [-0.4, -0.2) is 4.98 Å². The van der Waals surface area contributed by atoms with E-state index in [1.165, 1.54) is 0 Å². The van der Waals surface area contributed by atoms with Crippen LogP contribution in [0, 0.1) is 16.7 Å². The van der Waals surface area contributed by atoms with E-state index in [4.69, 9.17) is 28.5 Å². The molecule has 1 aromatic rings. The van der Waals surface area contributed by atoms with E-state index in [-0.39, 0.29) is 10.8 Å². The van der Waals surface area contributed by atoms with Gasteiger partial charge in [0.05, 0.1) is 11.5 Å². The van der Waals surface area contributed by atoms with Crippen molar-refractivity contribution in [3.05, 3.63) is 28.0 Å². The van der Waals surface area contributed by atoms with Gasteiger partial charge in [0, 0.05) is 5.41 Å². The molecule has 0 spiro atoms. The van der Waals surface area contributed by atoms with Crippen LogP contribution >= 0.6 is 23.2 Å². The van der Waals surface area contributed by atoms with Crippen molar-refractivity contribution in [2.45, 2.75) is 24.7 Å². The Morgan fingerprint density at radius 1 is 1.20 bits per heavy atom. The molecular formula is C11H8Cl2N2. The van der Waals surface area contributed by atoms with Gasteiger partial charge in [-0.15, -0.1) is 0 Å². The zero-order valence-electron chi connectivity index (χ0n) is 7.93. The molecule has 0 amide bonds. The molecule has 0 unspecified atom stereocenters. The second kappa shape index (κ2) is 2.66. The molecule has 0 atom stereocenters. The first kappa shape index (κ1) is 9.45. The summed E-state index contributed by atoms with van der Waals surface area (Å²) in [5.41, 5.74) is 1.28. The maximum absolute atomic E-state index is 8.94. The second-order valence-corrected chi connectivity index (χ2v) is 5.48. The van der Waals surface area contributed by atoms with Crippen LogP contribution in [0.1, 0.15) is 24.8 Å². The first-order chi connectivity index (χ1) is 7.07. The van der Waals surface area contributed by atoms with Crippen molar-refractivity contribution in [1.29, 1.82) is 5.26 Å². The minimum Gasteiger partial charge on any atom is -0.224 e. The van der Waals surface area contributed by atoms with Gasteiger partial charge in [0.1, 0.15) is 10.3 Å². The summed E-state index contributed by atoms with van der Waals surface area (Å²) in [5, 5.41) is 9.82. The first-order valence-electron chi connectivity index (χ1n) is 4.82. The minimum absolute atomic E-state index is 0.0395. The Morgan fingerprint density at radius 3 is 2.20 bits per heavy atom. The van der Waals surface area contributed by atoms with Crippen LogP contribution in [-0.2, 0) is 5.41 Å². The van der Waals surface area contributed by atoms with Gasteiger partial charge in [0.15, 0.2) is 0 Å². The summed E-state index contributed by atoms with van der Waals surface area (Å²) >= 11 is 11.7. The van der Waals surface area contributed by atoms with Gasteiger partial charge in [-0.1, -0.05) is 23.2 Å². The van der Waals surface area contributed by atoms with E-state index in [2.05, 4.69) is 11.1 Å². The second-order valence-electron chi connectivity index (χ2n) is 4.70. The van der Waals surface area contributed by atoms with E-state index < -0.39 is 0 Å². The average Bonchev–Trinajstić information content (AvgIpc) is 1.97. The predicted molar refractivity (Wildman–Crippen MR) is 57.8 cm³/mol. The first-order valence-corrected chi connectivity index (χ1v) is 5.58. The lowest BCUT2D eigenvalue weighted by atomic mass is 9.34. The number of nitrogens with zero attached hydrogens (tertiary/aromatic N) is 2. The van der Waals surface area contributed by atoms with Crippen molar-refractivity contribution in [2.75, 3.05) is 0 Å². The lowest BCUT2D eigenvalue weighted by molar-refractivity contribution is -0.0929. The van der Waals surface area contributed by atoms with Gasteiger partial charge in [-0.05, 0) is 37.0 Å². The molecule has 1 aromatic heterocycles. The number of pyridine rings is 1. The Labute approximate surface area is 97.8 Å². The van der Waals surface area contributed by atoms with E-state index in [0.29, 0.717) is 10.3 Å². The van der Waals surface area contributed by atoms with Gasteiger partial charge >= 0.3 is 0 Å². The number of aromatic nitrogens is 1. The predicted octanol–water partition coefficient (Wildman–Crippen LogP) is 3.33. The fourth-order valence-corrected chi connectivity index (χ4v) is 3.44. The third-order valence-corrected chi connectivity index (χ3v) is 4.03. The van der Waals surface area contributed by atoms with Gasteiger partial charge in [-0.2, -0.15) is 5.26 Å². The molecule has 2 bridgehead atoms. The Kier molecular flexibility index (Phi) is 1.68. The molecule has 3 aliphatic carbocycles. The lowest BCUT2D eigenvalue weighted by Crippen LogP contribution is -2.63. The summed E-state index contributed by atoms with van der Waals surface area (Å²) in [6, 6.07) is 6.12. The number of rotatable bonds is 1. The van der Waals surface area contributed by atoms with Crippen LogP contribution < -0.4 is 0 Å². The van der Waals surface area contributed by atoms with Crippen LogP contribution in [0.25, 0.3) is 0 Å². The van der Waals surface area contributed by atoms with E-state index in [0.717, 1.165) is 24.8 Å². The molecule has 0 aliphatic heterocycles. The standard InChI is InChI=1S/C11H8Cl2N2/c12-8-1-7(2-9(13)15-8)11-3-10(4-11,5-11)6-14/h1-2H,3-5H2. The molecule has 1 heterocycles. The fourth-order valence-electron chi connectivity index (χ4n) is 2.98. The summed E-state index contributed by atoms with van der Waals surface area (Å²) in [7, 11) is 0. The molecule has 2 nitrogen and oxygen atoms in total. The summed E-state index contributed by atoms with van der Waals surface area (Å²) in [4.78, 5) is 3.93. The van der Waals surface area contributed by atoms with Crippen LogP contribution in [0.4, 0.5) is 0 Å². The topological polar surface area (TPSA) is 36.7 Å². The smallest absolute Gasteiger partial charge is 0.131 e. The minimum atomic E-state index is -0.0395. The molecule has 15 heavy (non-hydrogen) atoms. The molecular weight excluding hydrogens is 231 g/mol. The van der Waals surface area contributed by atoms with E-state index in [1.54, 1.807) is 0 Å². The maximum atomic E-state index is 8.94. The monoisotopic (exact) mass is 238 g/mol. The van der Waals surface area contributed by atoms with E-state index in [9.17, 15) is 0 Å². The van der Waals surface area contributed by atoms with Crippen LogP contribution in [0.5, 0.6) is 0 Å². The lowest BCUT2D eigenvalue weighted by Gasteiger charge is -2.67. The molecule has 4 rings (SSSR count). The third kappa shape index (κ3) is 1.14. The highest BCUT2D eigenvalue weighted by Crippen LogP contribution is 2.73. The molecule has 3 fully saturated rings. The van der Waals surface area contributed by atoms with Crippen LogP contribution in [0.3, 0.4) is 0 Å². The Morgan fingerprint density at radius 2 is 1.73 bits per heavy atom. The average molecular weight is 239 g/mol. The summed E-state index contributed by atoms with van der Waals surface area (Å²) in [6.07, 6.45) is 2.85. The van der Waals surface area contributed by atoms with Crippen LogP contribution in [0.2, 0.25) is 10.3 Å². The molecule has 3 saturated carbocycles. The van der Waals surface area contributed by atoms with Crippen LogP contribution in [0.15, 0.2) is 12.1 Å². The summed E-state index contributed by atoms with van der Waals surface area (Å²) < 4.78 is 0. The number of hydrogen-bond donors (Lipinski definition) is 0. The SMILES string of the molecule is N#CC12CC(c3cc(Cl)nc(Cl)c3)(C1)C2. The van der Waals surface area contributed by atoms with E-state index >= 15 is 0 Å². The van der Waals surface area contributed by atoms with Gasteiger partial charge in [0.2, 0.25) is 0 Å². The van der Waals surface area contributed by atoms with Crippen molar-refractivity contribution < 1.29 is 0 Å². The maximum Gasteiger partial charge on any atom is 0.131 e. The van der Waals surface area contributed by atoms with Gasteiger partial charge in [0.25, 0.3) is 0 Å². The van der Waals surface area contributed by atoms with Crippen molar-refractivity contribution in [1.82, 2.24) is 4.98 Å². The van der Waals surface area contributed by atoms with E-state index in [1.807, 2.05) is 12.1 Å². The molecule has 76 valence electrons. The molecule has 0 aromatic carbocycles. The summed E-state index contributed by atoms with van der Waals surface area (Å²) in [5.74, 6) is 0. The highest BCUT2D eigenvalue weighted by molar-refractivity contribution is 6.32. The number of hydrogen-bond acceptors (Lipinski definition) is 2. The molecule has 0 N–H and O–H groups in total. The highest BCUT2D eigenvalue weighted by Gasteiger charge is 2.69. The number of nitriles is 1. The van der Waals surface area contributed by atoms with Crippen molar-refractivity contribution in [2.24, 2.45) is 5.41 Å².